The van der Waals surface area contributed by atoms with Crippen LogP contribution >= 0.6 is 15.9 Å². The predicted octanol–water partition coefficient (Wildman–Crippen LogP) is 5.16. The van der Waals surface area contributed by atoms with Gasteiger partial charge in [-0.3, -0.25) is 0 Å². The average molecular weight is 334 g/mol. The van der Waals surface area contributed by atoms with Gasteiger partial charge in [-0.05, 0) is 48.7 Å². The lowest BCUT2D eigenvalue weighted by molar-refractivity contribution is 0.317. The zero-order valence-electron chi connectivity index (χ0n) is 11.9. The van der Waals surface area contributed by atoms with Gasteiger partial charge < -0.3 is 10.1 Å². The Bertz CT molecular complexity index is 551. The Morgan fingerprint density at radius 2 is 1.85 bits per heavy atom. The summed E-state index contributed by atoms with van der Waals surface area (Å²) in [5.41, 5.74) is 3.63. The Hall–Kier alpha value is -1.48. The SMILES string of the molecule is CCCOc1ccc(CNc2cccc(Br)c2C)cc1. The highest BCUT2D eigenvalue weighted by molar-refractivity contribution is 9.10. The molecule has 0 saturated carbocycles. The Balaban J connectivity index is 1.95. The highest BCUT2D eigenvalue weighted by atomic mass is 79.9. The van der Waals surface area contributed by atoms with Crippen molar-refractivity contribution in [1.29, 1.82) is 0 Å². The van der Waals surface area contributed by atoms with E-state index in [-0.39, 0.29) is 0 Å². The van der Waals surface area contributed by atoms with E-state index in [0.29, 0.717) is 0 Å². The third kappa shape index (κ3) is 4.01. The molecule has 20 heavy (non-hydrogen) atoms. The first-order valence-corrected chi connectivity index (χ1v) is 7.70. The molecular formula is C17H20BrNO. The van der Waals surface area contributed by atoms with Crippen molar-refractivity contribution in [2.24, 2.45) is 0 Å². The predicted molar refractivity (Wildman–Crippen MR) is 88.4 cm³/mol. The maximum Gasteiger partial charge on any atom is 0.119 e. The number of benzene rings is 2. The molecule has 0 bridgehead atoms. The summed E-state index contributed by atoms with van der Waals surface area (Å²) in [6, 6.07) is 14.5. The molecule has 1 N–H and O–H groups in total. The molecule has 0 amide bonds. The average Bonchev–Trinajstić information content (AvgIpc) is 2.48. The van der Waals surface area contributed by atoms with E-state index >= 15 is 0 Å². The van der Waals surface area contributed by atoms with Crippen molar-refractivity contribution in [3.8, 4) is 5.75 Å². The lowest BCUT2D eigenvalue weighted by Gasteiger charge is -2.11. The van der Waals surface area contributed by atoms with Crippen molar-refractivity contribution in [3.05, 3.63) is 58.1 Å². The Labute approximate surface area is 129 Å². The van der Waals surface area contributed by atoms with E-state index in [0.717, 1.165) is 35.5 Å². The van der Waals surface area contributed by atoms with Gasteiger partial charge in [0.05, 0.1) is 6.61 Å². The number of nitrogens with one attached hydrogen (secondary N) is 1. The van der Waals surface area contributed by atoms with Gasteiger partial charge in [0.25, 0.3) is 0 Å². The summed E-state index contributed by atoms with van der Waals surface area (Å²) in [6.45, 7) is 5.80. The number of rotatable bonds is 6. The van der Waals surface area contributed by atoms with Crippen LogP contribution in [0.2, 0.25) is 0 Å². The molecule has 0 aliphatic rings. The van der Waals surface area contributed by atoms with Gasteiger partial charge >= 0.3 is 0 Å². The lowest BCUT2D eigenvalue weighted by atomic mass is 10.1. The lowest BCUT2D eigenvalue weighted by Crippen LogP contribution is -2.01. The van der Waals surface area contributed by atoms with Crippen molar-refractivity contribution in [3.63, 3.8) is 0 Å². The number of hydrogen-bond donors (Lipinski definition) is 1. The molecule has 2 aromatic carbocycles. The second-order valence-corrected chi connectivity index (χ2v) is 5.61. The van der Waals surface area contributed by atoms with Crippen LogP contribution in [0, 0.1) is 6.92 Å². The number of halogens is 1. The number of hydrogen-bond acceptors (Lipinski definition) is 2. The molecule has 0 aromatic heterocycles. The molecule has 0 atom stereocenters. The summed E-state index contributed by atoms with van der Waals surface area (Å²) in [5, 5.41) is 3.46. The quantitative estimate of drug-likeness (QED) is 0.788. The van der Waals surface area contributed by atoms with Crippen LogP contribution in [-0.4, -0.2) is 6.61 Å². The molecule has 106 valence electrons. The summed E-state index contributed by atoms with van der Waals surface area (Å²) < 4.78 is 6.71. The molecule has 0 spiro atoms. The molecule has 0 fully saturated rings. The van der Waals surface area contributed by atoms with Crippen LogP contribution in [0.3, 0.4) is 0 Å². The van der Waals surface area contributed by atoms with E-state index < -0.39 is 0 Å². The van der Waals surface area contributed by atoms with E-state index in [1.54, 1.807) is 0 Å². The van der Waals surface area contributed by atoms with E-state index in [2.05, 4.69) is 59.4 Å². The molecule has 2 nitrogen and oxygen atoms in total. The van der Waals surface area contributed by atoms with Crippen LogP contribution in [-0.2, 0) is 6.54 Å². The highest BCUT2D eigenvalue weighted by Gasteiger charge is 2.01. The Morgan fingerprint density at radius 3 is 2.55 bits per heavy atom. The minimum Gasteiger partial charge on any atom is -0.494 e. The highest BCUT2D eigenvalue weighted by Crippen LogP contribution is 2.24. The van der Waals surface area contributed by atoms with Gasteiger partial charge in [-0.15, -0.1) is 0 Å². The zero-order valence-corrected chi connectivity index (χ0v) is 13.5. The van der Waals surface area contributed by atoms with Crippen molar-refractivity contribution < 1.29 is 4.74 Å². The summed E-state index contributed by atoms with van der Waals surface area (Å²) in [7, 11) is 0. The summed E-state index contributed by atoms with van der Waals surface area (Å²) >= 11 is 3.55. The minimum absolute atomic E-state index is 0.773. The van der Waals surface area contributed by atoms with E-state index in [4.69, 9.17) is 4.74 Å². The van der Waals surface area contributed by atoms with Crippen LogP contribution in [0.15, 0.2) is 46.9 Å². The normalized spacial score (nSPS) is 10.3. The molecule has 0 saturated heterocycles. The third-order valence-corrected chi connectivity index (χ3v) is 4.01. The molecule has 3 heteroatoms. The zero-order chi connectivity index (χ0) is 14.4. The van der Waals surface area contributed by atoms with E-state index in [9.17, 15) is 0 Å². The topological polar surface area (TPSA) is 21.3 Å². The van der Waals surface area contributed by atoms with Gasteiger partial charge in [-0.2, -0.15) is 0 Å². The molecule has 0 heterocycles. The molecule has 2 rings (SSSR count). The van der Waals surface area contributed by atoms with Crippen LogP contribution in [0.5, 0.6) is 5.75 Å². The fourth-order valence-electron chi connectivity index (χ4n) is 1.92. The van der Waals surface area contributed by atoms with Gasteiger partial charge in [0.2, 0.25) is 0 Å². The third-order valence-electron chi connectivity index (χ3n) is 3.15. The smallest absolute Gasteiger partial charge is 0.119 e. The number of anilines is 1. The number of ether oxygens (including phenoxy) is 1. The van der Waals surface area contributed by atoms with Crippen molar-refractivity contribution in [2.75, 3.05) is 11.9 Å². The first kappa shape index (κ1) is 14.9. The first-order chi connectivity index (χ1) is 9.70. The van der Waals surface area contributed by atoms with Gasteiger partial charge in [-0.25, -0.2) is 0 Å². The molecule has 0 radical (unpaired) electrons. The monoisotopic (exact) mass is 333 g/mol. The van der Waals surface area contributed by atoms with Crippen LogP contribution in [0.1, 0.15) is 24.5 Å². The van der Waals surface area contributed by atoms with Gasteiger partial charge in [0.1, 0.15) is 5.75 Å². The second kappa shape index (κ2) is 7.34. The van der Waals surface area contributed by atoms with Gasteiger partial charge in [0, 0.05) is 16.7 Å². The summed E-state index contributed by atoms with van der Waals surface area (Å²) in [5.74, 6) is 0.939. The van der Waals surface area contributed by atoms with Crippen LogP contribution < -0.4 is 10.1 Å². The maximum absolute atomic E-state index is 5.58. The molecule has 0 unspecified atom stereocenters. The maximum atomic E-state index is 5.58. The minimum atomic E-state index is 0.773. The molecular weight excluding hydrogens is 314 g/mol. The largest absolute Gasteiger partial charge is 0.494 e. The Kier molecular flexibility index (Phi) is 5.48. The molecule has 2 aromatic rings. The summed E-state index contributed by atoms with van der Waals surface area (Å²) in [6.07, 6.45) is 1.03. The summed E-state index contributed by atoms with van der Waals surface area (Å²) in [4.78, 5) is 0. The van der Waals surface area contributed by atoms with Crippen molar-refractivity contribution >= 4 is 21.6 Å². The second-order valence-electron chi connectivity index (χ2n) is 4.76. The van der Waals surface area contributed by atoms with Gasteiger partial charge in [0.15, 0.2) is 0 Å². The van der Waals surface area contributed by atoms with Gasteiger partial charge in [-0.1, -0.05) is 41.1 Å². The standard InChI is InChI=1S/C17H20BrNO/c1-3-11-20-15-9-7-14(8-10-15)12-19-17-6-4-5-16(18)13(17)2/h4-10,19H,3,11-12H2,1-2H3. The van der Waals surface area contributed by atoms with Crippen LogP contribution in [0.25, 0.3) is 0 Å². The van der Waals surface area contributed by atoms with E-state index in [1.165, 1.54) is 11.1 Å². The first-order valence-electron chi connectivity index (χ1n) is 6.91. The molecule has 0 aliphatic carbocycles. The van der Waals surface area contributed by atoms with Crippen molar-refractivity contribution in [1.82, 2.24) is 0 Å². The van der Waals surface area contributed by atoms with E-state index in [1.807, 2.05) is 18.2 Å². The fraction of sp³-hybridized carbons (Fsp3) is 0.294. The van der Waals surface area contributed by atoms with Crippen LogP contribution in [0.4, 0.5) is 5.69 Å². The molecule has 0 aliphatic heterocycles. The fourth-order valence-corrected chi connectivity index (χ4v) is 2.29. The Morgan fingerprint density at radius 1 is 1.10 bits per heavy atom. The van der Waals surface area contributed by atoms with Crippen molar-refractivity contribution in [2.45, 2.75) is 26.8 Å².